The summed E-state index contributed by atoms with van der Waals surface area (Å²) in [6.45, 7) is 0. The van der Waals surface area contributed by atoms with Crippen LogP contribution in [-0.2, 0) is 5.33 Å². The molecule has 0 fully saturated rings. The Morgan fingerprint density at radius 1 is 1.60 bits per heavy atom. The molecule has 1 heterocycles. The average molecular weight is 284 g/mol. The Kier molecular flexibility index (Phi) is 3.67. The molecule has 3 nitrogen and oxygen atoms in total. The summed E-state index contributed by atoms with van der Waals surface area (Å²) in [6, 6.07) is 0.810. The quantitative estimate of drug-likeness (QED) is 0.868. The number of hydrogen-bond acceptors (Lipinski definition) is 2. The third kappa shape index (κ3) is 2.47. The number of hydrogen-bond donors (Lipinski definition) is 1. The Balaban J connectivity index is 3.42. The minimum absolute atomic E-state index is 0.0211. The molecular weight excluding hydrogens is 279 g/mol. The van der Waals surface area contributed by atoms with Gasteiger partial charge >= 0.3 is 5.97 Å². The van der Waals surface area contributed by atoms with Crippen molar-refractivity contribution >= 4 is 21.9 Å². The smallest absolute Gasteiger partial charge is 0.340 e. The van der Waals surface area contributed by atoms with E-state index < -0.39 is 29.5 Å². The van der Waals surface area contributed by atoms with Gasteiger partial charge in [0.1, 0.15) is 17.1 Å². The maximum absolute atomic E-state index is 13.1. The van der Waals surface area contributed by atoms with Crippen LogP contribution in [0.15, 0.2) is 6.07 Å². The SMILES string of the molecule is O=C(O)c1c(F)cc(CBr)nc1C(F)F. The van der Waals surface area contributed by atoms with Gasteiger partial charge in [0.25, 0.3) is 6.43 Å². The van der Waals surface area contributed by atoms with Crippen LogP contribution in [0.4, 0.5) is 13.2 Å². The van der Waals surface area contributed by atoms with Crippen LogP contribution in [0.2, 0.25) is 0 Å². The monoisotopic (exact) mass is 283 g/mol. The minimum Gasteiger partial charge on any atom is -0.478 e. The zero-order valence-corrected chi connectivity index (χ0v) is 8.76. The predicted molar refractivity (Wildman–Crippen MR) is 48.7 cm³/mol. The van der Waals surface area contributed by atoms with Gasteiger partial charge in [-0.2, -0.15) is 0 Å². The number of carbonyl (C=O) groups is 1. The lowest BCUT2D eigenvalue weighted by molar-refractivity contribution is 0.0676. The summed E-state index contributed by atoms with van der Waals surface area (Å²) in [6.07, 6.45) is -3.12. The highest BCUT2D eigenvalue weighted by molar-refractivity contribution is 9.08. The first-order chi connectivity index (χ1) is 6.97. The minimum atomic E-state index is -3.12. The number of alkyl halides is 3. The molecule has 1 aromatic rings. The molecule has 0 amide bonds. The fourth-order valence-corrected chi connectivity index (χ4v) is 1.31. The van der Waals surface area contributed by atoms with E-state index >= 15 is 0 Å². The molecule has 1 rings (SSSR count). The van der Waals surface area contributed by atoms with Crippen molar-refractivity contribution in [3.05, 3.63) is 28.8 Å². The van der Waals surface area contributed by atoms with Crippen LogP contribution >= 0.6 is 15.9 Å². The number of halogens is 4. The van der Waals surface area contributed by atoms with Crippen LogP contribution in [-0.4, -0.2) is 16.1 Å². The summed E-state index contributed by atoms with van der Waals surface area (Å²) in [4.78, 5) is 13.9. The molecule has 0 spiro atoms. The maximum Gasteiger partial charge on any atom is 0.340 e. The molecule has 0 aliphatic heterocycles. The van der Waals surface area contributed by atoms with E-state index in [1.807, 2.05) is 0 Å². The fraction of sp³-hybridized carbons (Fsp3) is 0.250. The summed E-state index contributed by atoms with van der Waals surface area (Å²) < 4.78 is 37.9. The summed E-state index contributed by atoms with van der Waals surface area (Å²) in [5, 5.41) is 8.61. The van der Waals surface area contributed by atoms with E-state index in [0.717, 1.165) is 6.07 Å². The molecule has 0 bridgehead atoms. The van der Waals surface area contributed by atoms with E-state index in [1.54, 1.807) is 0 Å². The van der Waals surface area contributed by atoms with Crippen LogP contribution < -0.4 is 0 Å². The molecule has 7 heteroatoms. The molecule has 0 radical (unpaired) electrons. The molecule has 0 aromatic carbocycles. The summed E-state index contributed by atoms with van der Waals surface area (Å²) in [5.41, 5.74) is -2.10. The topological polar surface area (TPSA) is 50.2 Å². The first-order valence-corrected chi connectivity index (χ1v) is 4.86. The van der Waals surface area contributed by atoms with Crippen molar-refractivity contribution in [2.45, 2.75) is 11.8 Å². The number of pyridine rings is 1. The normalized spacial score (nSPS) is 10.7. The third-order valence-electron chi connectivity index (χ3n) is 1.61. The second-order valence-corrected chi connectivity index (χ2v) is 3.16. The molecule has 0 saturated heterocycles. The Bertz CT molecular complexity index is 398. The molecule has 0 unspecified atom stereocenters. The van der Waals surface area contributed by atoms with Gasteiger partial charge in [0.05, 0.1) is 5.69 Å². The number of nitrogens with zero attached hydrogens (tertiary/aromatic N) is 1. The Morgan fingerprint density at radius 3 is 2.60 bits per heavy atom. The van der Waals surface area contributed by atoms with Crippen molar-refractivity contribution in [2.75, 3.05) is 0 Å². The van der Waals surface area contributed by atoms with Gasteiger partial charge in [0.15, 0.2) is 0 Å². The Morgan fingerprint density at radius 2 is 2.20 bits per heavy atom. The molecule has 0 aliphatic rings. The van der Waals surface area contributed by atoms with Crippen LogP contribution in [0.1, 0.15) is 28.2 Å². The van der Waals surface area contributed by atoms with E-state index in [-0.39, 0.29) is 11.0 Å². The maximum atomic E-state index is 13.1. The van der Waals surface area contributed by atoms with Gasteiger partial charge in [-0.15, -0.1) is 0 Å². The van der Waals surface area contributed by atoms with Crippen LogP contribution in [0.25, 0.3) is 0 Å². The van der Waals surface area contributed by atoms with Crippen LogP contribution in [0.3, 0.4) is 0 Å². The summed E-state index contributed by atoms with van der Waals surface area (Å²) in [7, 11) is 0. The zero-order chi connectivity index (χ0) is 11.6. The van der Waals surface area contributed by atoms with E-state index in [1.165, 1.54) is 0 Å². The van der Waals surface area contributed by atoms with Crippen LogP contribution in [0, 0.1) is 5.82 Å². The number of carboxylic acids is 1. The molecule has 15 heavy (non-hydrogen) atoms. The largest absolute Gasteiger partial charge is 0.478 e. The highest BCUT2D eigenvalue weighted by Gasteiger charge is 2.24. The van der Waals surface area contributed by atoms with Crippen molar-refractivity contribution in [1.82, 2.24) is 4.98 Å². The van der Waals surface area contributed by atoms with E-state index in [0.29, 0.717) is 0 Å². The van der Waals surface area contributed by atoms with Gasteiger partial charge in [-0.3, -0.25) is 0 Å². The van der Waals surface area contributed by atoms with Crippen molar-refractivity contribution in [3.8, 4) is 0 Å². The van der Waals surface area contributed by atoms with Crippen LogP contribution in [0.5, 0.6) is 0 Å². The van der Waals surface area contributed by atoms with Crippen molar-refractivity contribution < 1.29 is 23.1 Å². The summed E-state index contributed by atoms with van der Waals surface area (Å²) >= 11 is 2.92. The van der Waals surface area contributed by atoms with Gasteiger partial charge in [-0.1, -0.05) is 15.9 Å². The highest BCUT2D eigenvalue weighted by Crippen LogP contribution is 2.24. The molecule has 82 valence electrons. The molecule has 0 saturated carbocycles. The highest BCUT2D eigenvalue weighted by atomic mass is 79.9. The second kappa shape index (κ2) is 4.61. The standard InChI is InChI=1S/C8H5BrF3NO2/c9-2-3-1-4(10)5(8(14)15)6(13-3)7(11)12/h1,7H,2H2,(H,14,15). The molecule has 1 aromatic heterocycles. The number of rotatable bonds is 3. The molecule has 0 atom stereocenters. The Labute approximate surface area is 91.1 Å². The van der Waals surface area contributed by atoms with Crippen molar-refractivity contribution in [3.63, 3.8) is 0 Å². The van der Waals surface area contributed by atoms with E-state index in [9.17, 15) is 18.0 Å². The molecule has 1 N–H and O–H groups in total. The lowest BCUT2D eigenvalue weighted by Gasteiger charge is -2.07. The van der Waals surface area contributed by atoms with Crippen molar-refractivity contribution in [1.29, 1.82) is 0 Å². The number of carboxylic acid groups (broad SMARTS) is 1. The average Bonchev–Trinajstić information content (AvgIpc) is 2.15. The van der Waals surface area contributed by atoms with Gasteiger partial charge < -0.3 is 5.11 Å². The van der Waals surface area contributed by atoms with E-state index in [4.69, 9.17) is 5.11 Å². The lowest BCUT2D eigenvalue weighted by Crippen LogP contribution is -2.10. The molecule has 0 aliphatic carbocycles. The Hall–Kier alpha value is -1.11. The fourth-order valence-electron chi connectivity index (χ4n) is 1.02. The van der Waals surface area contributed by atoms with Gasteiger partial charge in [0.2, 0.25) is 0 Å². The molecular formula is C8H5BrF3NO2. The second-order valence-electron chi connectivity index (χ2n) is 2.60. The number of aromatic nitrogens is 1. The zero-order valence-electron chi connectivity index (χ0n) is 7.18. The van der Waals surface area contributed by atoms with Gasteiger partial charge in [-0.05, 0) is 6.07 Å². The van der Waals surface area contributed by atoms with Gasteiger partial charge in [0, 0.05) is 5.33 Å². The van der Waals surface area contributed by atoms with E-state index in [2.05, 4.69) is 20.9 Å². The first kappa shape index (κ1) is 12.0. The summed E-state index contributed by atoms with van der Waals surface area (Å²) in [5.74, 6) is -2.96. The van der Waals surface area contributed by atoms with Crippen molar-refractivity contribution in [2.24, 2.45) is 0 Å². The predicted octanol–water partition coefficient (Wildman–Crippen LogP) is 2.75. The first-order valence-electron chi connectivity index (χ1n) is 3.74. The third-order valence-corrected chi connectivity index (χ3v) is 2.18. The van der Waals surface area contributed by atoms with Gasteiger partial charge in [-0.25, -0.2) is 22.9 Å². The number of aromatic carboxylic acids is 1. The lowest BCUT2D eigenvalue weighted by atomic mass is 10.1.